The molecule has 0 aliphatic carbocycles. The average molecular weight is 481 g/mol. The van der Waals surface area contributed by atoms with E-state index < -0.39 is 17.9 Å². The second kappa shape index (κ2) is 14.8. The van der Waals surface area contributed by atoms with Crippen LogP contribution >= 0.6 is 35.3 Å². The molecule has 0 aliphatic heterocycles. The number of carboxylic acids is 3. The lowest BCUT2D eigenvalue weighted by Gasteiger charge is -2.22. The van der Waals surface area contributed by atoms with Crippen molar-refractivity contribution in [1.82, 2.24) is 15.0 Å². The Hall–Kier alpha value is -2.13. The van der Waals surface area contributed by atoms with Gasteiger partial charge >= 0.3 is 17.9 Å². The molecule has 0 aromatic carbocycles. The molecule has 0 amide bonds. The third kappa shape index (κ3) is 12.4. The molecule has 0 spiro atoms. The average Bonchev–Trinajstić information content (AvgIpc) is 2.65. The van der Waals surface area contributed by atoms with Crippen LogP contribution in [0.1, 0.15) is 19.3 Å². The molecule has 0 unspecified atom stereocenters. The molecular weight excluding hydrogens is 456 g/mol. The van der Waals surface area contributed by atoms with Gasteiger partial charge in [0.05, 0.1) is 36.9 Å². The molecule has 30 heavy (non-hydrogen) atoms. The van der Waals surface area contributed by atoms with Crippen molar-refractivity contribution in [2.75, 3.05) is 50.8 Å². The van der Waals surface area contributed by atoms with Gasteiger partial charge in [0.25, 0.3) is 0 Å². The maximum absolute atomic E-state index is 10.7. The summed E-state index contributed by atoms with van der Waals surface area (Å²) in [4.78, 5) is 46.1. The van der Waals surface area contributed by atoms with Gasteiger partial charge in [-0.1, -0.05) is 0 Å². The lowest BCUT2D eigenvalue weighted by atomic mass is 10.5. The first-order valence-electron chi connectivity index (χ1n) is 8.67. The van der Waals surface area contributed by atoms with Gasteiger partial charge in [-0.15, -0.1) is 35.3 Å². The number of nitrogen functional groups attached to an aromatic ring is 1. The molecule has 0 radical (unpaired) electrons. The van der Waals surface area contributed by atoms with Crippen molar-refractivity contribution in [1.29, 1.82) is 0 Å². The van der Waals surface area contributed by atoms with Crippen LogP contribution in [0, 0.1) is 0 Å². The number of carboxylic acid groups (broad SMARTS) is 3. The predicted octanol–water partition coefficient (Wildman–Crippen LogP) is 1.17. The molecule has 15 heteroatoms. The minimum absolute atomic E-state index is 0.00546. The molecule has 12 nitrogen and oxygen atoms in total. The Bertz CT molecular complexity index is 691. The van der Waals surface area contributed by atoms with E-state index in [0.29, 0.717) is 34.9 Å². The summed E-state index contributed by atoms with van der Waals surface area (Å²) in [5.41, 5.74) is 5.77. The van der Waals surface area contributed by atoms with E-state index in [1.54, 1.807) is 4.90 Å². The molecule has 168 valence electrons. The van der Waals surface area contributed by atoms with Crippen LogP contribution < -0.4 is 16.0 Å². The number of nitrogens with two attached hydrogens (primary N) is 1. The molecule has 1 rings (SSSR count). The minimum Gasteiger partial charge on any atom is -0.481 e. The summed E-state index contributed by atoms with van der Waals surface area (Å²) in [7, 11) is 0. The molecule has 0 atom stereocenters. The Labute approximate surface area is 185 Å². The van der Waals surface area contributed by atoms with E-state index in [-0.39, 0.29) is 37.1 Å². The summed E-state index contributed by atoms with van der Waals surface area (Å²) in [5, 5.41) is 29.1. The molecule has 1 aromatic rings. The van der Waals surface area contributed by atoms with E-state index in [2.05, 4.69) is 20.3 Å². The molecular formula is C15H24N6O6S3. The van der Waals surface area contributed by atoms with Gasteiger partial charge < -0.3 is 31.3 Å². The van der Waals surface area contributed by atoms with Gasteiger partial charge in [-0.05, 0) is 0 Å². The summed E-state index contributed by atoms with van der Waals surface area (Å²) in [6.07, 6.45) is 0.0839. The predicted molar refractivity (Wildman–Crippen MR) is 119 cm³/mol. The first-order chi connectivity index (χ1) is 14.3. The maximum Gasteiger partial charge on any atom is 0.304 e. The van der Waals surface area contributed by atoms with E-state index in [0.717, 1.165) is 0 Å². The van der Waals surface area contributed by atoms with Crippen LogP contribution in [0.2, 0.25) is 0 Å². The smallest absolute Gasteiger partial charge is 0.304 e. The highest BCUT2D eigenvalue weighted by Crippen LogP contribution is 2.19. The van der Waals surface area contributed by atoms with E-state index >= 15 is 0 Å². The summed E-state index contributed by atoms with van der Waals surface area (Å²) < 4.78 is 0. The largest absolute Gasteiger partial charge is 0.481 e. The Balaban J connectivity index is 2.71. The van der Waals surface area contributed by atoms with Crippen molar-refractivity contribution in [2.45, 2.75) is 19.3 Å². The molecule has 0 fully saturated rings. The van der Waals surface area contributed by atoms with Crippen LogP contribution in [0.5, 0.6) is 0 Å². The highest BCUT2D eigenvalue weighted by molar-refractivity contribution is 8.00. The van der Waals surface area contributed by atoms with Crippen LogP contribution in [0.15, 0.2) is 0 Å². The fraction of sp³-hybridized carbons (Fsp3) is 0.600. The van der Waals surface area contributed by atoms with Crippen LogP contribution in [0.4, 0.5) is 17.8 Å². The van der Waals surface area contributed by atoms with Crippen molar-refractivity contribution in [3.63, 3.8) is 0 Å². The number of carbonyl (C=O) groups is 3. The minimum atomic E-state index is -0.888. The zero-order valence-electron chi connectivity index (χ0n) is 16.0. The maximum atomic E-state index is 10.7. The van der Waals surface area contributed by atoms with E-state index in [1.165, 1.54) is 35.3 Å². The van der Waals surface area contributed by atoms with Gasteiger partial charge in [-0.2, -0.15) is 15.0 Å². The number of hydrogen-bond donors (Lipinski definition) is 5. The lowest BCUT2D eigenvalue weighted by molar-refractivity contribution is -0.137. The molecule has 0 bridgehead atoms. The summed E-state index contributed by atoms with van der Waals surface area (Å²) in [5.74, 6) is 0.270. The zero-order valence-corrected chi connectivity index (χ0v) is 18.5. The summed E-state index contributed by atoms with van der Waals surface area (Å²) >= 11 is 4.13. The fourth-order valence-corrected chi connectivity index (χ4v) is 4.33. The van der Waals surface area contributed by atoms with E-state index in [9.17, 15) is 14.4 Å². The Morgan fingerprint density at radius 1 is 0.833 bits per heavy atom. The van der Waals surface area contributed by atoms with Crippen LogP contribution in [0.3, 0.4) is 0 Å². The fourth-order valence-electron chi connectivity index (χ4n) is 1.77. The SMILES string of the molecule is Nc1nc(NCSCCC(=O)O)nc(N(CSCCC(=O)O)CSCCC(=O)O)n1. The number of thioether (sulfide) groups is 3. The van der Waals surface area contributed by atoms with Crippen molar-refractivity contribution in [3.8, 4) is 0 Å². The number of anilines is 3. The van der Waals surface area contributed by atoms with Crippen molar-refractivity contribution in [2.24, 2.45) is 0 Å². The summed E-state index contributed by atoms with van der Waals surface area (Å²) in [6.45, 7) is 0. The second-order valence-electron chi connectivity index (χ2n) is 5.59. The summed E-state index contributed by atoms with van der Waals surface area (Å²) in [6, 6.07) is 0. The topological polar surface area (TPSA) is 192 Å². The van der Waals surface area contributed by atoms with Gasteiger partial charge in [0.15, 0.2) is 0 Å². The Morgan fingerprint density at radius 3 is 1.83 bits per heavy atom. The third-order valence-corrected chi connectivity index (χ3v) is 5.95. The standard InChI is InChI=1S/C15H24N6O6S3/c16-13-18-14(17-7-28-4-1-10(22)23)20-15(19-13)21(8-29-5-2-11(24)25)9-30-6-3-12(26)27/h1-9H2,(H,22,23)(H,24,25)(H,26,27)(H3,16,17,18,19,20). The Kier molecular flexibility index (Phi) is 12.8. The molecule has 0 saturated heterocycles. The lowest BCUT2D eigenvalue weighted by Crippen LogP contribution is -2.26. The van der Waals surface area contributed by atoms with E-state index in [4.69, 9.17) is 21.1 Å². The molecule has 0 aliphatic rings. The van der Waals surface area contributed by atoms with Gasteiger partial charge in [-0.25, -0.2) is 0 Å². The first-order valence-corrected chi connectivity index (χ1v) is 12.1. The van der Waals surface area contributed by atoms with Crippen LogP contribution in [-0.4, -0.2) is 83.1 Å². The molecule has 1 aromatic heterocycles. The van der Waals surface area contributed by atoms with Crippen molar-refractivity contribution in [3.05, 3.63) is 0 Å². The van der Waals surface area contributed by atoms with Crippen molar-refractivity contribution < 1.29 is 29.7 Å². The van der Waals surface area contributed by atoms with Gasteiger partial charge in [0, 0.05) is 17.3 Å². The third-order valence-electron chi connectivity index (χ3n) is 3.13. The number of nitrogens with one attached hydrogen (secondary N) is 1. The number of rotatable bonds is 17. The number of hydrogen-bond acceptors (Lipinski definition) is 12. The van der Waals surface area contributed by atoms with Gasteiger partial charge in [0.1, 0.15) is 0 Å². The number of aromatic nitrogens is 3. The second-order valence-corrected chi connectivity index (χ2v) is 8.85. The quantitative estimate of drug-likeness (QED) is 0.157. The van der Waals surface area contributed by atoms with Crippen molar-refractivity contribution >= 4 is 71.0 Å². The monoisotopic (exact) mass is 480 g/mol. The Morgan fingerprint density at radius 2 is 1.33 bits per heavy atom. The van der Waals surface area contributed by atoms with Gasteiger partial charge in [0.2, 0.25) is 17.8 Å². The molecule has 6 N–H and O–H groups in total. The zero-order chi connectivity index (χ0) is 22.4. The first kappa shape index (κ1) is 25.9. The highest BCUT2D eigenvalue weighted by Gasteiger charge is 2.14. The normalized spacial score (nSPS) is 10.5. The number of nitrogens with zero attached hydrogens (tertiary/aromatic N) is 4. The van der Waals surface area contributed by atoms with E-state index in [1.807, 2.05) is 0 Å². The molecule has 0 saturated carbocycles. The van der Waals surface area contributed by atoms with Gasteiger partial charge in [-0.3, -0.25) is 14.4 Å². The molecule has 1 heterocycles. The number of aliphatic carboxylic acids is 3. The van der Waals surface area contributed by atoms with Crippen LogP contribution in [0.25, 0.3) is 0 Å². The van der Waals surface area contributed by atoms with Crippen LogP contribution in [-0.2, 0) is 14.4 Å². The highest BCUT2D eigenvalue weighted by atomic mass is 32.2.